The molecule has 0 aliphatic rings. The predicted octanol–water partition coefficient (Wildman–Crippen LogP) is 5.98. The van der Waals surface area contributed by atoms with Crippen molar-refractivity contribution in [3.63, 3.8) is 0 Å². The molecule has 6 nitrogen and oxygen atoms in total. The fraction of sp³-hybridized carbons (Fsp3) is 0.130. The molecule has 0 bridgehead atoms. The molecule has 0 unspecified atom stereocenters. The average Bonchev–Trinajstić information content (AvgIpc) is 3.32. The molecule has 0 fully saturated rings. The molecular weight excluding hydrogens is 421 g/mol. The molecule has 1 N–H and O–H groups in total. The number of alkyl halides is 3. The maximum Gasteiger partial charge on any atom is 0.432 e. The van der Waals surface area contributed by atoms with Crippen molar-refractivity contribution in [1.29, 1.82) is 0 Å². The van der Waals surface area contributed by atoms with Gasteiger partial charge in [0.1, 0.15) is 22.9 Å². The van der Waals surface area contributed by atoms with Gasteiger partial charge in [-0.2, -0.15) is 18.3 Å². The van der Waals surface area contributed by atoms with E-state index in [1.807, 2.05) is 58.5 Å². The Morgan fingerprint density at radius 2 is 1.31 bits per heavy atom. The summed E-state index contributed by atoms with van der Waals surface area (Å²) >= 11 is 0. The van der Waals surface area contributed by atoms with E-state index in [0.717, 1.165) is 17.4 Å². The summed E-state index contributed by atoms with van der Waals surface area (Å²) in [5, 5.41) is 5.81. The molecule has 2 aromatic heterocycles. The highest BCUT2D eigenvalue weighted by atomic mass is 19.4. The number of aromatic amines is 1. The van der Waals surface area contributed by atoms with Crippen molar-refractivity contribution in [3.05, 3.63) is 78.6 Å². The molecule has 0 saturated carbocycles. The predicted molar refractivity (Wildman–Crippen MR) is 115 cm³/mol. The maximum atomic E-state index is 13.0. The topological polar surface area (TPSA) is 63.3 Å². The van der Waals surface area contributed by atoms with Crippen molar-refractivity contribution in [2.75, 3.05) is 19.1 Å². The number of pyridine rings is 1. The molecule has 9 heteroatoms. The number of nitrogens with zero attached hydrogens (tertiary/aromatic N) is 3. The molecule has 4 rings (SSSR count). The Bertz CT molecular complexity index is 1140. The summed E-state index contributed by atoms with van der Waals surface area (Å²) in [4.78, 5) is 6.16. The number of ether oxygens (including phenoxy) is 2. The van der Waals surface area contributed by atoms with Crippen LogP contribution in [0, 0.1) is 0 Å². The van der Waals surface area contributed by atoms with Crippen LogP contribution in [0.5, 0.6) is 11.5 Å². The van der Waals surface area contributed by atoms with Crippen molar-refractivity contribution in [2.45, 2.75) is 6.18 Å². The van der Waals surface area contributed by atoms with Crippen LogP contribution in [0.2, 0.25) is 0 Å². The zero-order valence-electron chi connectivity index (χ0n) is 17.2. The number of aromatic nitrogens is 3. The summed E-state index contributed by atoms with van der Waals surface area (Å²) in [5.74, 6) is 1.41. The lowest BCUT2D eigenvalue weighted by atomic mass is 10.1. The third-order valence-corrected chi connectivity index (χ3v) is 4.81. The molecule has 0 aliphatic heterocycles. The Hall–Kier alpha value is -4.01. The smallest absolute Gasteiger partial charge is 0.432 e. The number of H-pyrrole nitrogens is 1. The zero-order chi connectivity index (χ0) is 22.7. The van der Waals surface area contributed by atoms with Gasteiger partial charge >= 0.3 is 6.18 Å². The lowest BCUT2D eigenvalue weighted by molar-refractivity contribution is -0.141. The van der Waals surface area contributed by atoms with Gasteiger partial charge in [-0.1, -0.05) is 0 Å². The van der Waals surface area contributed by atoms with Crippen molar-refractivity contribution in [1.82, 2.24) is 15.2 Å². The Labute approximate surface area is 182 Å². The number of hydrogen-bond donors (Lipinski definition) is 1. The molecule has 0 saturated heterocycles. The van der Waals surface area contributed by atoms with Gasteiger partial charge in [-0.05, 0) is 66.7 Å². The summed E-state index contributed by atoms with van der Waals surface area (Å²) in [6.07, 6.45) is -2.98. The first-order valence-corrected chi connectivity index (χ1v) is 9.56. The van der Waals surface area contributed by atoms with Crippen LogP contribution in [-0.2, 0) is 6.18 Å². The first kappa shape index (κ1) is 21.2. The second kappa shape index (κ2) is 8.62. The van der Waals surface area contributed by atoms with Crippen LogP contribution < -0.4 is 14.4 Å². The van der Waals surface area contributed by atoms with E-state index in [0.29, 0.717) is 22.9 Å². The molecule has 2 heterocycles. The van der Waals surface area contributed by atoms with Crippen LogP contribution in [0.1, 0.15) is 5.69 Å². The van der Waals surface area contributed by atoms with Gasteiger partial charge in [0, 0.05) is 23.3 Å². The van der Waals surface area contributed by atoms with E-state index in [9.17, 15) is 13.2 Å². The van der Waals surface area contributed by atoms with Crippen molar-refractivity contribution in [3.8, 4) is 22.9 Å². The highest BCUT2D eigenvalue weighted by Gasteiger charge is 2.33. The first-order valence-electron chi connectivity index (χ1n) is 9.56. The molecule has 0 atom stereocenters. The quantitative estimate of drug-likeness (QED) is 0.400. The molecule has 4 aromatic rings. The second-order valence-corrected chi connectivity index (χ2v) is 6.80. The van der Waals surface area contributed by atoms with Crippen LogP contribution in [0.4, 0.5) is 30.2 Å². The zero-order valence-corrected chi connectivity index (χ0v) is 17.2. The highest BCUT2D eigenvalue weighted by Crippen LogP contribution is 2.37. The van der Waals surface area contributed by atoms with Crippen LogP contribution in [-0.4, -0.2) is 29.4 Å². The second-order valence-electron chi connectivity index (χ2n) is 6.80. The van der Waals surface area contributed by atoms with Crippen molar-refractivity contribution < 1.29 is 22.6 Å². The summed E-state index contributed by atoms with van der Waals surface area (Å²) in [6.45, 7) is 0. The van der Waals surface area contributed by atoms with E-state index in [2.05, 4.69) is 10.1 Å². The van der Waals surface area contributed by atoms with Gasteiger partial charge in [-0.25, -0.2) is 0 Å². The number of hydrogen-bond acceptors (Lipinski definition) is 5. The van der Waals surface area contributed by atoms with Gasteiger partial charge in [0.2, 0.25) is 0 Å². The maximum absolute atomic E-state index is 13.0. The standard InChI is InChI=1S/C23H19F3N4O2/c1-31-18-7-3-15(4-8-18)30(16-5-9-19(32-2)10-6-16)17-11-12-27-20(13-17)21-14-22(29-28-21)23(24,25)26/h3-14H,1-2H3,(H,28,29). The number of halogens is 3. The summed E-state index contributed by atoms with van der Waals surface area (Å²) in [5.41, 5.74) is 1.82. The number of nitrogens with one attached hydrogen (secondary N) is 1. The fourth-order valence-corrected chi connectivity index (χ4v) is 3.21. The Balaban J connectivity index is 1.78. The number of rotatable bonds is 6. The molecule has 32 heavy (non-hydrogen) atoms. The number of benzene rings is 2. The molecule has 2 aromatic carbocycles. The summed E-state index contributed by atoms with van der Waals surface area (Å²) in [6, 6.07) is 19.3. The van der Waals surface area contributed by atoms with Crippen LogP contribution in [0.15, 0.2) is 72.9 Å². The molecule has 0 aliphatic carbocycles. The van der Waals surface area contributed by atoms with E-state index in [-0.39, 0.29) is 5.69 Å². The van der Waals surface area contributed by atoms with Crippen molar-refractivity contribution >= 4 is 17.1 Å². The number of anilines is 3. The minimum atomic E-state index is -4.51. The monoisotopic (exact) mass is 440 g/mol. The summed E-state index contributed by atoms with van der Waals surface area (Å²) < 4.78 is 49.4. The largest absolute Gasteiger partial charge is 0.497 e. The SMILES string of the molecule is COc1ccc(N(c2ccc(OC)cc2)c2ccnc(-c3cc(C(F)(F)F)[nH]n3)c2)cc1. The van der Waals surface area contributed by atoms with Gasteiger partial charge in [-0.15, -0.1) is 0 Å². The van der Waals surface area contributed by atoms with Crippen LogP contribution in [0.25, 0.3) is 11.4 Å². The van der Waals surface area contributed by atoms with Crippen LogP contribution in [0.3, 0.4) is 0 Å². The third-order valence-electron chi connectivity index (χ3n) is 4.81. The average molecular weight is 440 g/mol. The normalized spacial score (nSPS) is 11.3. The number of methoxy groups -OCH3 is 2. The van der Waals surface area contributed by atoms with Gasteiger partial charge in [-0.3, -0.25) is 10.1 Å². The molecule has 0 radical (unpaired) electrons. The van der Waals surface area contributed by atoms with E-state index >= 15 is 0 Å². The van der Waals surface area contributed by atoms with Gasteiger partial charge in [0.05, 0.1) is 19.9 Å². The lowest BCUT2D eigenvalue weighted by Gasteiger charge is -2.26. The highest BCUT2D eigenvalue weighted by molar-refractivity contribution is 5.78. The van der Waals surface area contributed by atoms with Crippen LogP contribution >= 0.6 is 0 Å². The minimum Gasteiger partial charge on any atom is -0.497 e. The molecule has 0 amide bonds. The third kappa shape index (κ3) is 4.36. The van der Waals surface area contributed by atoms with E-state index in [1.165, 1.54) is 6.20 Å². The minimum absolute atomic E-state index is 0.101. The van der Waals surface area contributed by atoms with Crippen molar-refractivity contribution in [2.24, 2.45) is 0 Å². The first-order chi connectivity index (χ1) is 15.4. The van der Waals surface area contributed by atoms with Gasteiger partial charge < -0.3 is 14.4 Å². The lowest BCUT2D eigenvalue weighted by Crippen LogP contribution is -2.10. The van der Waals surface area contributed by atoms with E-state index in [1.54, 1.807) is 26.4 Å². The molecule has 0 spiro atoms. The molecular formula is C23H19F3N4O2. The Morgan fingerprint density at radius 3 is 1.78 bits per heavy atom. The van der Waals surface area contributed by atoms with E-state index in [4.69, 9.17) is 9.47 Å². The molecule has 164 valence electrons. The fourth-order valence-electron chi connectivity index (χ4n) is 3.21. The Morgan fingerprint density at radius 1 is 0.750 bits per heavy atom. The Kier molecular flexibility index (Phi) is 5.72. The van der Waals surface area contributed by atoms with E-state index < -0.39 is 11.9 Å². The van der Waals surface area contributed by atoms with Gasteiger partial charge in [0.25, 0.3) is 0 Å². The van der Waals surface area contributed by atoms with Gasteiger partial charge in [0.15, 0.2) is 0 Å². The summed E-state index contributed by atoms with van der Waals surface area (Å²) in [7, 11) is 3.18.